The molecule has 1 atom stereocenters. The molecule has 2 aliphatic rings. The second-order valence-corrected chi connectivity index (χ2v) is 8.69. The second kappa shape index (κ2) is 10.1. The highest BCUT2D eigenvalue weighted by molar-refractivity contribution is 6.31. The van der Waals surface area contributed by atoms with Gasteiger partial charge in [0, 0.05) is 41.0 Å². The number of imide groups is 2. The summed E-state index contributed by atoms with van der Waals surface area (Å²) in [4.78, 5) is 61.8. The predicted octanol–water partition coefficient (Wildman–Crippen LogP) is 2.15. The SMILES string of the molecule is Cc1ccc(NC(=O)NCc2cc(NC3=CC(=O)N(C4CCC(=O)NC4=O)C3=O)ccc2O)cc1Cl. The van der Waals surface area contributed by atoms with Crippen molar-refractivity contribution in [2.45, 2.75) is 32.4 Å². The van der Waals surface area contributed by atoms with Gasteiger partial charge in [0.05, 0.1) is 0 Å². The lowest BCUT2D eigenvalue weighted by atomic mass is 10.0. The molecular formula is C24H22ClN5O6. The topological polar surface area (TPSA) is 157 Å². The number of urea groups is 1. The molecule has 2 heterocycles. The summed E-state index contributed by atoms with van der Waals surface area (Å²) in [6.45, 7) is 1.80. The smallest absolute Gasteiger partial charge is 0.319 e. The maximum atomic E-state index is 12.8. The fraction of sp³-hybridized carbons (Fsp3) is 0.208. The van der Waals surface area contributed by atoms with E-state index < -0.39 is 35.7 Å². The average Bonchev–Trinajstić information content (AvgIpc) is 3.09. The van der Waals surface area contributed by atoms with Gasteiger partial charge in [-0.1, -0.05) is 17.7 Å². The highest BCUT2D eigenvalue weighted by atomic mass is 35.5. The monoisotopic (exact) mass is 511 g/mol. The molecule has 0 bridgehead atoms. The Morgan fingerprint density at radius 3 is 2.61 bits per heavy atom. The first-order valence-electron chi connectivity index (χ1n) is 10.9. The number of nitrogens with one attached hydrogen (secondary N) is 4. The van der Waals surface area contributed by atoms with Crippen molar-refractivity contribution < 1.29 is 29.1 Å². The molecule has 2 aromatic rings. The van der Waals surface area contributed by atoms with E-state index in [1.54, 1.807) is 18.2 Å². The molecule has 1 fully saturated rings. The van der Waals surface area contributed by atoms with E-state index in [0.29, 0.717) is 22.0 Å². The molecule has 5 N–H and O–H groups in total. The summed E-state index contributed by atoms with van der Waals surface area (Å²) in [7, 11) is 0. The van der Waals surface area contributed by atoms with Crippen molar-refractivity contribution in [2.24, 2.45) is 0 Å². The van der Waals surface area contributed by atoms with Crippen LogP contribution in [0.3, 0.4) is 0 Å². The number of phenolic OH excluding ortho intramolecular Hbond substituents is 1. The van der Waals surface area contributed by atoms with Crippen LogP contribution in [0.4, 0.5) is 16.2 Å². The molecule has 4 rings (SSSR count). The largest absolute Gasteiger partial charge is 0.508 e. The molecule has 2 aromatic carbocycles. The molecule has 0 saturated carbocycles. The summed E-state index contributed by atoms with van der Waals surface area (Å²) in [5.74, 6) is -2.63. The molecular weight excluding hydrogens is 490 g/mol. The Balaban J connectivity index is 1.39. The molecule has 1 saturated heterocycles. The molecule has 1 unspecified atom stereocenters. The summed E-state index contributed by atoms with van der Waals surface area (Å²) >= 11 is 6.07. The zero-order valence-corrected chi connectivity index (χ0v) is 19.8. The van der Waals surface area contributed by atoms with Gasteiger partial charge < -0.3 is 21.1 Å². The van der Waals surface area contributed by atoms with Gasteiger partial charge in [-0.05, 0) is 49.2 Å². The van der Waals surface area contributed by atoms with Crippen LogP contribution in [-0.2, 0) is 25.7 Å². The summed E-state index contributed by atoms with van der Waals surface area (Å²) < 4.78 is 0. The Hall–Kier alpha value is -4.38. The summed E-state index contributed by atoms with van der Waals surface area (Å²) in [5.41, 5.74) is 2.02. The molecule has 12 heteroatoms. The Kier molecular flexibility index (Phi) is 6.93. The highest BCUT2D eigenvalue weighted by Gasteiger charge is 2.42. The number of halogens is 1. The van der Waals surface area contributed by atoms with Crippen LogP contribution in [0.25, 0.3) is 0 Å². The number of aryl methyl sites for hydroxylation is 1. The van der Waals surface area contributed by atoms with Crippen LogP contribution in [-0.4, -0.2) is 45.7 Å². The molecule has 11 nitrogen and oxygen atoms in total. The van der Waals surface area contributed by atoms with E-state index >= 15 is 0 Å². The third kappa shape index (κ3) is 5.31. The minimum Gasteiger partial charge on any atom is -0.508 e. The number of piperidine rings is 1. The Morgan fingerprint density at radius 2 is 1.89 bits per heavy atom. The molecule has 0 aliphatic carbocycles. The van der Waals surface area contributed by atoms with Crippen molar-refractivity contribution >= 4 is 52.6 Å². The number of carbonyl (C=O) groups is 5. The Labute approximate surface area is 210 Å². The van der Waals surface area contributed by atoms with E-state index in [1.807, 2.05) is 6.92 Å². The first-order valence-corrected chi connectivity index (χ1v) is 11.3. The minimum absolute atomic E-state index is 0.0229. The number of aromatic hydroxyl groups is 1. The van der Waals surface area contributed by atoms with Gasteiger partial charge in [0.1, 0.15) is 17.5 Å². The van der Waals surface area contributed by atoms with Crippen LogP contribution in [0.1, 0.15) is 24.0 Å². The number of hydrogen-bond donors (Lipinski definition) is 5. The van der Waals surface area contributed by atoms with Crippen LogP contribution in [0.2, 0.25) is 5.02 Å². The first kappa shape index (κ1) is 24.7. The molecule has 0 radical (unpaired) electrons. The standard InChI is InChI=1S/C24H22ClN5O6/c1-12-2-3-15(9-16(12)25)28-24(36)26-11-13-8-14(4-6-19(13)31)27-17-10-21(33)30(23(17)35)18-5-7-20(32)29-22(18)34/h2-4,6,8-10,18,27,31H,5,7,11H2,1H3,(H2,26,28,36)(H,29,32,34). The summed E-state index contributed by atoms with van der Waals surface area (Å²) in [5, 5.41) is 20.9. The molecule has 186 valence electrons. The van der Waals surface area contributed by atoms with Gasteiger partial charge in [-0.3, -0.25) is 29.4 Å². The number of benzene rings is 2. The normalized spacial score (nSPS) is 17.6. The lowest BCUT2D eigenvalue weighted by Gasteiger charge is -2.28. The van der Waals surface area contributed by atoms with E-state index in [0.717, 1.165) is 16.5 Å². The van der Waals surface area contributed by atoms with Crippen molar-refractivity contribution in [3.63, 3.8) is 0 Å². The third-order valence-electron chi connectivity index (χ3n) is 5.70. The van der Waals surface area contributed by atoms with Crippen LogP contribution >= 0.6 is 11.6 Å². The molecule has 0 aromatic heterocycles. The molecule has 36 heavy (non-hydrogen) atoms. The Bertz CT molecular complexity index is 1320. The quantitative estimate of drug-likeness (QED) is 0.294. The van der Waals surface area contributed by atoms with Crippen LogP contribution in [0, 0.1) is 6.92 Å². The van der Waals surface area contributed by atoms with E-state index in [9.17, 15) is 29.1 Å². The summed E-state index contributed by atoms with van der Waals surface area (Å²) in [6.07, 6.45) is 1.14. The minimum atomic E-state index is -1.07. The fourth-order valence-electron chi connectivity index (χ4n) is 3.78. The molecule has 0 spiro atoms. The maximum absolute atomic E-state index is 12.8. The van der Waals surface area contributed by atoms with Crippen molar-refractivity contribution in [3.05, 3.63) is 64.3 Å². The van der Waals surface area contributed by atoms with Crippen LogP contribution < -0.4 is 21.3 Å². The van der Waals surface area contributed by atoms with E-state index in [2.05, 4.69) is 21.3 Å². The number of nitrogens with zero attached hydrogens (tertiary/aromatic N) is 1. The maximum Gasteiger partial charge on any atom is 0.319 e. The van der Waals surface area contributed by atoms with Gasteiger partial charge >= 0.3 is 6.03 Å². The van der Waals surface area contributed by atoms with Gasteiger partial charge in [0.2, 0.25) is 11.8 Å². The second-order valence-electron chi connectivity index (χ2n) is 8.28. The fourth-order valence-corrected chi connectivity index (χ4v) is 3.96. The van der Waals surface area contributed by atoms with Gasteiger partial charge in [-0.15, -0.1) is 0 Å². The van der Waals surface area contributed by atoms with E-state index in [4.69, 9.17) is 11.6 Å². The predicted molar refractivity (Wildman–Crippen MR) is 130 cm³/mol. The van der Waals surface area contributed by atoms with Gasteiger partial charge in [0.15, 0.2) is 0 Å². The number of hydrogen-bond acceptors (Lipinski definition) is 7. The van der Waals surface area contributed by atoms with Gasteiger partial charge in [-0.25, -0.2) is 4.79 Å². The van der Waals surface area contributed by atoms with Gasteiger partial charge in [0.25, 0.3) is 11.8 Å². The summed E-state index contributed by atoms with van der Waals surface area (Å²) in [6, 6.07) is 7.86. The van der Waals surface area contributed by atoms with Crippen molar-refractivity contribution in [1.82, 2.24) is 15.5 Å². The first-order chi connectivity index (χ1) is 17.1. The number of carbonyl (C=O) groups excluding carboxylic acids is 5. The average molecular weight is 512 g/mol. The molecule has 6 amide bonds. The van der Waals surface area contributed by atoms with E-state index in [-0.39, 0.29) is 30.8 Å². The zero-order valence-electron chi connectivity index (χ0n) is 19.1. The lowest BCUT2D eigenvalue weighted by molar-refractivity contribution is -0.149. The van der Waals surface area contributed by atoms with Crippen molar-refractivity contribution in [3.8, 4) is 5.75 Å². The lowest BCUT2D eigenvalue weighted by Crippen LogP contribution is -2.54. The number of rotatable bonds is 6. The van der Waals surface area contributed by atoms with Crippen LogP contribution in [0.15, 0.2) is 48.2 Å². The third-order valence-corrected chi connectivity index (χ3v) is 6.11. The number of amides is 6. The Morgan fingerprint density at radius 1 is 1.14 bits per heavy atom. The van der Waals surface area contributed by atoms with Crippen molar-refractivity contribution in [2.75, 3.05) is 10.6 Å². The van der Waals surface area contributed by atoms with E-state index in [1.165, 1.54) is 18.2 Å². The van der Waals surface area contributed by atoms with Gasteiger partial charge in [-0.2, -0.15) is 0 Å². The number of anilines is 2. The molecule has 2 aliphatic heterocycles. The highest BCUT2D eigenvalue weighted by Crippen LogP contribution is 2.26. The number of phenols is 1. The van der Waals surface area contributed by atoms with Crippen LogP contribution in [0.5, 0.6) is 5.75 Å². The van der Waals surface area contributed by atoms with Crippen molar-refractivity contribution in [1.29, 1.82) is 0 Å². The zero-order chi connectivity index (χ0) is 26.0.